The van der Waals surface area contributed by atoms with Crippen LogP contribution in [0.2, 0.25) is 0 Å². The average Bonchev–Trinajstić information content (AvgIpc) is 2.68. The second-order valence-corrected chi connectivity index (χ2v) is 9.03. The van der Waals surface area contributed by atoms with Gasteiger partial charge in [0.05, 0.1) is 10.4 Å². The number of carbonyl (C=O) groups is 1. The Morgan fingerprint density at radius 2 is 1.80 bits per heavy atom. The van der Waals surface area contributed by atoms with Crippen molar-refractivity contribution >= 4 is 26.7 Å². The number of benzene rings is 2. The van der Waals surface area contributed by atoms with Gasteiger partial charge in [0.15, 0.2) is 16.4 Å². The lowest BCUT2D eigenvalue weighted by Crippen LogP contribution is -2.24. The molecule has 0 fully saturated rings. The predicted octanol–water partition coefficient (Wildman–Crippen LogP) is 2.44. The van der Waals surface area contributed by atoms with E-state index in [9.17, 15) is 22.4 Å². The first-order chi connectivity index (χ1) is 14.0. The van der Waals surface area contributed by atoms with Crippen LogP contribution in [-0.2, 0) is 28.1 Å². The number of hydrogen-bond acceptors (Lipinski definition) is 5. The van der Waals surface area contributed by atoms with Crippen LogP contribution in [0.3, 0.4) is 0 Å². The van der Waals surface area contributed by atoms with Gasteiger partial charge in [-0.25, -0.2) is 17.6 Å². The molecule has 0 atom stereocenters. The van der Waals surface area contributed by atoms with Crippen LogP contribution in [0, 0.1) is 12.7 Å². The summed E-state index contributed by atoms with van der Waals surface area (Å²) in [4.78, 5) is 24.0. The molecule has 0 amide bonds. The third-order valence-electron chi connectivity index (χ3n) is 4.90. The molecule has 0 bridgehead atoms. The minimum absolute atomic E-state index is 0.0246. The van der Waals surface area contributed by atoms with Crippen molar-refractivity contribution in [1.29, 1.82) is 0 Å². The van der Waals surface area contributed by atoms with Gasteiger partial charge < -0.3 is 14.4 Å². The minimum Gasteiger partial charge on any atom is -0.481 e. The normalized spacial score (nSPS) is 11.6. The summed E-state index contributed by atoms with van der Waals surface area (Å²) in [5.74, 6) is -1.64. The van der Waals surface area contributed by atoms with E-state index in [-0.39, 0.29) is 22.6 Å². The van der Waals surface area contributed by atoms with Gasteiger partial charge in [0, 0.05) is 30.7 Å². The Kier molecular flexibility index (Phi) is 5.67. The number of carboxylic acid groups (broad SMARTS) is 1. The fourth-order valence-electron chi connectivity index (χ4n) is 3.38. The molecule has 0 spiro atoms. The number of hydrogen-bond donors (Lipinski definition) is 1. The van der Waals surface area contributed by atoms with E-state index >= 15 is 0 Å². The molecule has 3 rings (SSSR count). The molecule has 3 aromatic rings. The highest BCUT2D eigenvalue weighted by atomic mass is 32.2. The Labute approximate surface area is 172 Å². The lowest BCUT2D eigenvalue weighted by atomic mass is 9.97. The van der Waals surface area contributed by atoms with Crippen molar-refractivity contribution < 1.29 is 27.4 Å². The summed E-state index contributed by atoms with van der Waals surface area (Å²) in [6.07, 6.45) is 1.30. The fraction of sp³-hybridized carbons (Fsp3) is 0.238. The summed E-state index contributed by atoms with van der Waals surface area (Å²) < 4.78 is 44.3. The van der Waals surface area contributed by atoms with Crippen LogP contribution in [0.1, 0.15) is 16.7 Å². The lowest BCUT2D eigenvalue weighted by molar-refractivity contribution is -0.139. The van der Waals surface area contributed by atoms with Crippen molar-refractivity contribution in [2.24, 2.45) is 7.05 Å². The molecule has 2 aromatic carbocycles. The maximum absolute atomic E-state index is 14.5. The number of rotatable bonds is 6. The molecule has 0 radical (unpaired) electrons. The zero-order valence-electron chi connectivity index (χ0n) is 16.6. The quantitative estimate of drug-likeness (QED) is 0.641. The molecule has 7 nitrogen and oxygen atoms in total. The van der Waals surface area contributed by atoms with Gasteiger partial charge in [-0.1, -0.05) is 12.1 Å². The van der Waals surface area contributed by atoms with Crippen molar-refractivity contribution in [2.75, 3.05) is 12.9 Å². The number of aryl methyl sites for hydroxylation is 2. The molecule has 0 saturated heterocycles. The molecule has 30 heavy (non-hydrogen) atoms. The molecule has 0 aliphatic carbocycles. The smallest absolute Gasteiger partial charge is 0.341 e. The summed E-state index contributed by atoms with van der Waals surface area (Å²) in [6.45, 7) is 1.04. The first-order valence-electron chi connectivity index (χ1n) is 8.95. The lowest BCUT2D eigenvalue weighted by Gasteiger charge is -2.17. The molecule has 9 heteroatoms. The summed E-state index contributed by atoms with van der Waals surface area (Å²) in [6, 6.07) is 8.63. The number of fused-ring (bicyclic) bond motifs is 1. The third-order valence-corrected chi connectivity index (χ3v) is 6.03. The number of ether oxygens (including phenoxy) is 1. The number of pyridine rings is 1. The second kappa shape index (κ2) is 7.91. The standard InChI is InChI=1S/C21H20FNO6S/c1-12-15(10-13-4-6-14(7-5-13)30(3,27)28)21(26)23(2)20-16(22)8-9-17(19(12)20)29-11-18(24)25/h4-9H,10-11H2,1-3H3,(H,24,25). The molecular formula is C21H20FNO6S. The highest BCUT2D eigenvalue weighted by molar-refractivity contribution is 7.90. The summed E-state index contributed by atoms with van der Waals surface area (Å²) in [5, 5.41) is 9.22. The van der Waals surface area contributed by atoms with Gasteiger partial charge in [-0.15, -0.1) is 0 Å². The molecule has 0 saturated carbocycles. The van der Waals surface area contributed by atoms with Gasteiger partial charge in [-0.3, -0.25) is 4.79 Å². The highest BCUT2D eigenvalue weighted by Crippen LogP contribution is 2.31. The van der Waals surface area contributed by atoms with Crippen LogP contribution in [0.5, 0.6) is 5.75 Å². The summed E-state index contributed by atoms with van der Waals surface area (Å²) >= 11 is 0. The van der Waals surface area contributed by atoms with Crippen LogP contribution in [0.25, 0.3) is 10.9 Å². The fourth-order valence-corrected chi connectivity index (χ4v) is 4.01. The maximum atomic E-state index is 14.5. The number of sulfone groups is 1. The molecule has 0 unspecified atom stereocenters. The van der Waals surface area contributed by atoms with E-state index < -0.39 is 33.8 Å². The maximum Gasteiger partial charge on any atom is 0.341 e. The molecule has 1 heterocycles. The highest BCUT2D eigenvalue weighted by Gasteiger charge is 2.19. The second-order valence-electron chi connectivity index (χ2n) is 7.01. The van der Waals surface area contributed by atoms with E-state index in [4.69, 9.17) is 9.84 Å². The Morgan fingerprint density at radius 1 is 1.17 bits per heavy atom. The molecule has 1 N–H and O–H groups in total. The van der Waals surface area contributed by atoms with E-state index in [1.54, 1.807) is 19.1 Å². The Balaban J connectivity index is 2.17. The van der Waals surface area contributed by atoms with Gasteiger partial charge in [0.1, 0.15) is 11.6 Å². The van der Waals surface area contributed by atoms with E-state index in [1.807, 2.05) is 0 Å². The van der Waals surface area contributed by atoms with Crippen LogP contribution in [-0.4, -0.2) is 36.9 Å². The van der Waals surface area contributed by atoms with Crippen molar-refractivity contribution in [1.82, 2.24) is 4.57 Å². The number of aromatic nitrogens is 1. The van der Waals surface area contributed by atoms with Gasteiger partial charge in [-0.05, 0) is 42.3 Å². The Bertz CT molecular complexity index is 1310. The average molecular weight is 433 g/mol. The van der Waals surface area contributed by atoms with Crippen LogP contribution in [0.15, 0.2) is 46.1 Å². The van der Waals surface area contributed by atoms with Gasteiger partial charge in [-0.2, -0.15) is 0 Å². The largest absolute Gasteiger partial charge is 0.481 e. The molecule has 158 valence electrons. The minimum atomic E-state index is -3.34. The van der Waals surface area contributed by atoms with E-state index in [2.05, 4.69) is 0 Å². The van der Waals surface area contributed by atoms with Gasteiger partial charge in [0.2, 0.25) is 0 Å². The van der Waals surface area contributed by atoms with Crippen LogP contribution >= 0.6 is 0 Å². The van der Waals surface area contributed by atoms with Crippen molar-refractivity contribution in [2.45, 2.75) is 18.2 Å². The van der Waals surface area contributed by atoms with Crippen molar-refractivity contribution in [3.63, 3.8) is 0 Å². The number of aliphatic carboxylic acids is 1. The van der Waals surface area contributed by atoms with Crippen LogP contribution in [0.4, 0.5) is 4.39 Å². The molecule has 0 aliphatic heterocycles. The van der Waals surface area contributed by atoms with Crippen molar-refractivity contribution in [3.8, 4) is 5.75 Å². The topological polar surface area (TPSA) is 103 Å². The zero-order chi connectivity index (χ0) is 22.2. The first kappa shape index (κ1) is 21.5. The third kappa shape index (κ3) is 4.06. The van der Waals surface area contributed by atoms with E-state index in [0.29, 0.717) is 22.1 Å². The number of halogens is 1. The Hall–Kier alpha value is -3.20. The molecule has 1 aromatic heterocycles. The predicted molar refractivity (Wildman–Crippen MR) is 109 cm³/mol. The first-order valence-corrected chi connectivity index (χ1v) is 10.8. The monoisotopic (exact) mass is 433 g/mol. The number of nitrogens with zero attached hydrogens (tertiary/aromatic N) is 1. The van der Waals surface area contributed by atoms with E-state index in [1.165, 1.54) is 29.8 Å². The molecule has 0 aliphatic rings. The van der Waals surface area contributed by atoms with E-state index in [0.717, 1.165) is 12.3 Å². The van der Waals surface area contributed by atoms with Crippen LogP contribution < -0.4 is 10.3 Å². The Morgan fingerprint density at radius 3 is 2.37 bits per heavy atom. The van der Waals surface area contributed by atoms with Gasteiger partial charge >= 0.3 is 5.97 Å². The number of carboxylic acids is 1. The van der Waals surface area contributed by atoms with Gasteiger partial charge in [0.25, 0.3) is 5.56 Å². The SMILES string of the molecule is Cc1c(Cc2ccc(S(C)(=O)=O)cc2)c(=O)n(C)c2c(F)ccc(OCC(=O)O)c12. The summed E-state index contributed by atoms with van der Waals surface area (Å²) in [5.41, 5.74) is 1.17. The zero-order valence-corrected chi connectivity index (χ0v) is 17.4. The summed E-state index contributed by atoms with van der Waals surface area (Å²) in [7, 11) is -1.91. The van der Waals surface area contributed by atoms with Crippen molar-refractivity contribution in [3.05, 3.63) is 69.3 Å². The molecular weight excluding hydrogens is 413 g/mol.